The van der Waals surface area contributed by atoms with Crippen LogP contribution in [0.1, 0.15) is 24.7 Å². The molecule has 0 aliphatic carbocycles. The Balaban J connectivity index is 1.47. The minimum Gasteiger partial charge on any atom is -0.495 e. The molecule has 2 aromatic heterocycles. The Morgan fingerprint density at radius 2 is 1.93 bits per heavy atom. The molecule has 1 aliphatic rings. The molecular weight excluding hydrogens is 370 g/mol. The summed E-state index contributed by atoms with van der Waals surface area (Å²) in [6.45, 7) is 0.767. The van der Waals surface area contributed by atoms with E-state index in [2.05, 4.69) is 10.2 Å². The summed E-state index contributed by atoms with van der Waals surface area (Å²) >= 11 is 0. The molecule has 1 aliphatic heterocycles. The molecule has 0 N–H and O–H groups in total. The molecule has 1 saturated heterocycles. The number of benzene rings is 1. The maximum Gasteiger partial charge on any atom is 0.250 e. The molecule has 9 heteroatoms. The largest absolute Gasteiger partial charge is 0.495 e. The number of rotatable bonds is 5. The Bertz CT molecular complexity index is 1010. The maximum atomic E-state index is 13.0. The Hall–Kier alpha value is -2.65. The van der Waals surface area contributed by atoms with Gasteiger partial charge in [-0.2, -0.15) is 4.31 Å². The van der Waals surface area contributed by atoms with E-state index in [1.807, 2.05) is 0 Å². The summed E-state index contributed by atoms with van der Waals surface area (Å²) in [6.07, 6.45) is 4.31. The molecule has 0 amide bonds. The number of para-hydroxylation sites is 1. The quantitative estimate of drug-likeness (QED) is 0.661. The van der Waals surface area contributed by atoms with E-state index in [1.54, 1.807) is 42.9 Å². The van der Waals surface area contributed by atoms with Crippen molar-refractivity contribution >= 4 is 10.0 Å². The van der Waals surface area contributed by atoms with E-state index in [0.717, 1.165) is 5.56 Å². The smallest absolute Gasteiger partial charge is 0.250 e. The SMILES string of the molecule is COc1ccccc1S(=O)(=O)N1CCC(c2nnc(-c3ccoc3)o2)CC1. The first-order valence-corrected chi connectivity index (χ1v) is 10.0. The minimum atomic E-state index is -3.61. The molecule has 142 valence electrons. The Morgan fingerprint density at radius 3 is 2.63 bits per heavy atom. The fourth-order valence-electron chi connectivity index (χ4n) is 3.22. The second kappa shape index (κ2) is 7.16. The van der Waals surface area contributed by atoms with Crippen LogP contribution in [0.15, 0.2) is 56.6 Å². The fourth-order valence-corrected chi connectivity index (χ4v) is 4.84. The van der Waals surface area contributed by atoms with Crippen LogP contribution in [0.2, 0.25) is 0 Å². The van der Waals surface area contributed by atoms with Gasteiger partial charge in [-0.05, 0) is 31.0 Å². The van der Waals surface area contributed by atoms with Crippen molar-refractivity contribution in [2.24, 2.45) is 0 Å². The van der Waals surface area contributed by atoms with Gasteiger partial charge in [0.2, 0.25) is 15.9 Å². The molecular formula is C18H19N3O5S. The lowest BCUT2D eigenvalue weighted by atomic mass is 9.98. The van der Waals surface area contributed by atoms with Crippen molar-refractivity contribution in [2.45, 2.75) is 23.7 Å². The van der Waals surface area contributed by atoms with Gasteiger partial charge >= 0.3 is 0 Å². The zero-order valence-corrected chi connectivity index (χ0v) is 15.6. The standard InChI is InChI=1S/C18H19N3O5S/c1-24-15-4-2-3-5-16(15)27(22,23)21-9-6-13(7-10-21)17-19-20-18(26-17)14-8-11-25-12-14/h2-5,8,11-13H,6-7,9-10H2,1H3. The molecule has 0 saturated carbocycles. The van der Waals surface area contributed by atoms with Crippen LogP contribution in [0.25, 0.3) is 11.5 Å². The second-order valence-corrected chi connectivity index (χ2v) is 8.19. The van der Waals surface area contributed by atoms with Gasteiger partial charge < -0.3 is 13.6 Å². The molecule has 3 heterocycles. The van der Waals surface area contributed by atoms with Gasteiger partial charge in [-0.25, -0.2) is 8.42 Å². The van der Waals surface area contributed by atoms with E-state index in [1.165, 1.54) is 11.4 Å². The van der Waals surface area contributed by atoms with Gasteiger partial charge in [0.15, 0.2) is 0 Å². The number of aromatic nitrogens is 2. The highest BCUT2D eigenvalue weighted by atomic mass is 32.2. The first-order valence-electron chi connectivity index (χ1n) is 8.58. The number of piperidine rings is 1. The summed E-state index contributed by atoms with van der Waals surface area (Å²) in [7, 11) is -2.15. The van der Waals surface area contributed by atoms with Crippen LogP contribution in [0, 0.1) is 0 Å². The van der Waals surface area contributed by atoms with Crippen LogP contribution in [0.5, 0.6) is 5.75 Å². The number of hydrogen-bond donors (Lipinski definition) is 0. The second-order valence-electron chi connectivity index (χ2n) is 6.29. The molecule has 8 nitrogen and oxygen atoms in total. The topological polar surface area (TPSA) is 98.7 Å². The van der Waals surface area contributed by atoms with Gasteiger partial charge in [0.05, 0.1) is 18.9 Å². The fraction of sp³-hybridized carbons (Fsp3) is 0.333. The summed E-state index contributed by atoms with van der Waals surface area (Å²) in [6, 6.07) is 8.40. The molecule has 0 radical (unpaired) electrons. The number of ether oxygens (including phenoxy) is 1. The van der Waals surface area contributed by atoms with Crippen molar-refractivity contribution in [3.8, 4) is 17.2 Å². The first kappa shape index (κ1) is 17.7. The lowest BCUT2D eigenvalue weighted by Crippen LogP contribution is -2.38. The molecule has 3 aromatic rings. The van der Waals surface area contributed by atoms with Crippen LogP contribution in [0.3, 0.4) is 0 Å². The molecule has 1 aromatic carbocycles. The highest BCUT2D eigenvalue weighted by Crippen LogP contribution is 2.33. The monoisotopic (exact) mass is 389 g/mol. The van der Waals surface area contributed by atoms with Crippen LogP contribution in [-0.2, 0) is 10.0 Å². The van der Waals surface area contributed by atoms with Crippen molar-refractivity contribution < 1.29 is 22.0 Å². The van der Waals surface area contributed by atoms with Crippen molar-refractivity contribution in [3.05, 3.63) is 48.7 Å². The van der Waals surface area contributed by atoms with Crippen LogP contribution in [0.4, 0.5) is 0 Å². The molecule has 0 bridgehead atoms. The Labute approximate surface area is 156 Å². The van der Waals surface area contributed by atoms with Crippen molar-refractivity contribution in [1.29, 1.82) is 0 Å². The van der Waals surface area contributed by atoms with Gasteiger partial charge in [0, 0.05) is 19.0 Å². The predicted octanol–water partition coefficient (Wildman–Crippen LogP) is 2.91. The van der Waals surface area contributed by atoms with E-state index in [9.17, 15) is 8.42 Å². The Kier molecular flexibility index (Phi) is 4.71. The number of hydrogen-bond acceptors (Lipinski definition) is 7. The van der Waals surface area contributed by atoms with Crippen molar-refractivity contribution in [2.75, 3.05) is 20.2 Å². The van der Waals surface area contributed by atoms with Gasteiger partial charge in [0.1, 0.15) is 16.9 Å². The molecule has 1 fully saturated rings. The molecule has 0 spiro atoms. The predicted molar refractivity (Wildman–Crippen MR) is 95.7 cm³/mol. The lowest BCUT2D eigenvalue weighted by Gasteiger charge is -2.30. The van der Waals surface area contributed by atoms with E-state index in [0.29, 0.717) is 43.5 Å². The number of sulfonamides is 1. The summed E-state index contributed by atoms with van der Waals surface area (Å²) in [5.41, 5.74) is 0.727. The third-order valence-electron chi connectivity index (χ3n) is 4.70. The molecule has 27 heavy (non-hydrogen) atoms. The Morgan fingerprint density at radius 1 is 1.15 bits per heavy atom. The maximum absolute atomic E-state index is 13.0. The van der Waals surface area contributed by atoms with Crippen LogP contribution in [-0.4, -0.2) is 43.1 Å². The van der Waals surface area contributed by atoms with E-state index < -0.39 is 10.0 Å². The molecule has 4 rings (SSSR count). The summed E-state index contributed by atoms with van der Waals surface area (Å²) < 4.78 is 43.4. The van der Waals surface area contributed by atoms with Crippen LogP contribution >= 0.6 is 0 Å². The first-order chi connectivity index (χ1) is 13.1. The van der Waals surface area contributed by atoms with Gasteiger partial charge in [0.25, 0.3) is 5.89 Å². The normalized spacial score (nSPS) is 16.5. The van der Waals surface area contributed by atoms with E-state index >= 15 is 0 Å². The summed E-state index contributed by atoms with van der Waals surface area (Å²) in [5.74, 6) is 1.31. The molecule has 0 atom stereocenters. The van der Waals surface area contributed by atoms with Gasteiger partial charge in [-0.1, -0.05) is 12.1 Å². The lowest BCUT2D eigenvalue weighted by molar-refractivity contribution is 0.290. The third kappa shape index (κ3) is 3.35. The van der Waals surface area contributed by atoms with Gasteiger partial charge in [-0.15, -0.1) is 10.2 Å². The zero-order chi connectivity index (χ0) is 18.9. The van der Waals surface area contributed by atoms with Crippen molar-refractivity contribution in [1.82, 2.24) is 14.5 Å². The highest BCUT2D eigenvalue weighted by molar-refractivity contribution is 7.89. The average molecular weight is 389 g/mol. The third-order valence-corrected chi connectivity index (χ3v) is 6.64. The summed E-state index contributed by atoms with van der Waals surface area (Å²) in [5, 5.41) is 8.17. The van der Waals surface area contributed by atoms with Gasteiger partial charge in [-0.3, -0.25) is 0 Å². The summed E-state index contributed by atoms with van der Waals surface area (Å²) in [4.78, 5) is 0.186. The number of nitrogens with zero attached hydrogens (tertiary/aromatic N) is 3. The number of furan rings is 1. The van der Waals surface area contributed by atoms with Crippen molar-refractivity contribution in [3.63, 3.8) is 0 Å². The van der Waals surface area contributed by atoms with E-state index in [-0.39, 0.29) is 10.8 Å². The van der Waals surface area contributed by atoms with E-state index in [4.69, 9.17) is 13.6 Å². The molecule has 0 unspecified atom stereocenters. The number of methoxy groups -OCH3 is 1. The van der Waals surface area contributed by atoms with Crippen LogP contribution < -0.4 is 4.74 Å². The average Bonchev–Trinajstić information content (AvgIpc) is 3.39. The highest BCUT2D eigenvalue weighted by Gasteiger charge is 2.33. The zero-order valence-electron chi connectivity index (χ0n) is 14.7. The minimum absolute atomic E-state index is 0.0299.